The molecule has 1 heterocycles. The number of carbonyl (C=O) groups excluding carboxylic acids is 2. The molecule has 0 saturated heterocycles. The van der Waals surface area contributed by atoms with Gasteiger partial charge in [-0.3, -0.25) is 9.59 Å². The van der Waals surface area contributed by atoms with E-state index in [1.807, 2.05) is 0 Å². The summed E-state index contributed by atoms with van der Waals surface area (Å²) in [7, 11) is 0. The Morgan fingerprint density at radius 3 is 2.68 bits per heavy atom. The molecule has 0 saturated carbocycles. The van der Waals surface area contributed by atoms with Gasteiger partial charge in [0.2, 0.25) is 5.91 Å². The lowest BCUT2D eigenvalue weighted by molar-refractivity contribution is -0.119. The number of nitrogens with one attached hydrogen (secondary N) is 1. The molecule has 22 heavy (non-hydrogen) atoms. The molecule has 5 heteroatoms. The lowest BCUT2D eigenvalue weighted by Gasteiger charge is -2.13. The topological polar surface area (TPSA) is 72.2 Å². The number of benzene rings is 2. The van der Waals surface area contributed by atoms with Crippen LogP contribution < -0.4 is 11.1 Å². The van der Waals surface area contributed by atoms with Crippen molar-refractivity contribution < 1.29 is 14.0 Å². The van der Waals surface area contributed by atoms with Crippen LogP contribution in [0.15, 0.2) is 42.5 Å². The molecule has 1 atom stereocenters. The molecule has 0 unspecified atom stereocenters. The van der Waals surface area contributed by atoms with E-state index in [4.69, 9.17) is 5.73 Å². The van der Waals surface area contributed by atoms with Gasteiger partial charge in [0.1, 0.15) is 5.82 Å². The highest BCUT2D eigenvalue weighted by Crippen LogP contribution is 2.30. The van der Waals surface area contributed by atoms with E-state index in [2.05, 4.69) is 5.32 Å². The minimum Gasteiger partial charge on any atom is -0.398 e. The van der Waals surface area contributed by atoms with E-state index in [0.717, 1.165) is 0 Å². The summed E-state index contributed by atoms with van der Waals surface area (Å²) >= 11 is 0. The van der Waals surface area contributed by atoms with Crippen LogP contribution in [0.1, 0.15) is 22.3 Å². The van der Waals surface area contributed by atoms with Gasteiger partial charge in [-0.05, 0) is 30.2 Å². The standard InChI is InChI=1S/C17H15FN2O2/c18-12-5-2-1-4-10(12)8-11-9-15(21)16-13(19)6-3-7-14(16)20-17(11)22/h1-7,11H,8-9,19H2,(H,20,22)/t11-/m1/s1. The van der Waals surface area contributed by atoms with Crippen LogP contribution >= 0.6 is 0 Å². The number of halogens is 1. The second-order valence-electron chi connectivity index (χ2n) is 5.38. The highest BCUT2D eigenvalue weighted by molar-refractivity contribution is 6.12. The molecule has 2 aromatic rings. The first-order valence-electron chi connectivity index (χ1n) is 7.02. The molecule has 0 bridgehead atoms. The fourth-order valence-electron chi connectivity index (χ4n) is 2.73. The molecule has 3 rings (SSSR count). The van der Waals surface area contributed by atoms with E-state index in [1.54, 1.807) is 36.4 Å². The van der Waals surface area contributed by atoms with E-state index in [0.29, 0.717) is 22.5 Å². The zero-order chi connectivity index (χ0) is 15.7. The number of rotatable bonds is 2. The first-order valence-corrected chi connectivity index (χ1v) is 7.02. The molecule has 4 nitrogen and oxygen atoms in total. The van der Waals surface area contributed by atoms with Crippen molar-refractivity contribution in [2.24, 2.45) is 5.92 Å². The highest BCUT2D eigenvalue weighted by Gasteiger charge is 2.30. The zero-order valence-electron chi connectivity index (χ0n) is 11.8. The van der Waals surface area contributed by atoms with Gasteiger partial charge in [0.15, 0.2) is 5.78 Å². The summed E-state index contributed by atoms with van der Waals surface area (Å²) in [4.78, 5) is 24.7. The van der Waals surface area contributed by atoms with Crippen LogP contribution in [0.3, 0.4) is 0 Å². The van der Waals surface area contributed by atoms with E-state index < -0.39 is 5.92 Å². The summed E-state index contributed by atoms with van der Waals surface area (Å²) in [5.41, 5.74) is 7.37. The van der Waals surface area contributed by atoms with E-state index in [1.165, 1.54) is 6.07 Å². The van der Waals surface area contributed by atoms with Crippen LogP contribution in [-0.2, 0) is 11.2 Å². The molecule has 0 aromatic heterocycles. The lowest BCUT2D eigenvalue weighted by atomic mass is 9.92. The second-order valence-corrected chi connectivity index (χ2v) is 5.38. The van der Waals surface area contributed by atoms with Crippen LogP contribution in [-0.4, -0.2) is 11.7 Å². The summed E-state index contributed by atoms with van der Waals surface area (Å²) in [6, 6.07) is 11.2. The number of Topliss-reactive ketones (excluding diaryl/α,β-unsaturated/α-hetero) is 1. The molecule has 0 spiro atoms. The minimum atomic E-state index is -0.615. The van der Waals surface area contributed by atoms with Crippen LogP contribution in [0.2, 0.25) is 0 Å². The predicted molar refractivity (Wildman–Crippen MR) is 82.0 cm³/mol. The molecular formula is C17H15FN2O2. The van der Waals surface area contributed by atoms with Gasteiger partial charge in [-0.15, -0.1) is 0 Å². The van der Waals surface area contributed by atoms with Crippen molar-refractivity contribution in [3.05, 3.63) is 59.4 Å². The monoisotopic (exact) mass is 298 g/mol. The summed E-state index contributed by atoms with van der Waals surface area (Å²) in [5.74, 6) is -1.48. The number of fused-ring (bicyclic) bond motifs is 1. The Bertz CT molecular complexity index is 758. The summed E-state index contributed by atoms with van der Waals surface area (Å²) < 4.78 is 13.8. The Kier molecular flexibility index (Phi) is 3.63. The Morgan fingerprint density at radius 1 is 1.14 bits per heavy atom. The van der Waals surface area contributed by atoms with E-state index in [9.17, 15) is 14.0 Å². The Labute approximate surface area is 127 Å². The molecule has 0 radical (unpaired) electrons. The number of ketones is 1. The first kappa shape index (κ1) is 14.3. The molecular weight excluding hydrogens is 283 g/mol. The number of hydrogen-bond donors (Lipinski definition) is 2. The summed E-state index contributed by atoms with van der Waals surface area (Å²) in [6.07, 6.45) is 0.194. The zero-order valence-corrected chi connectivity index (χ0v) is 11.8. The SMILES string of the molecule is Nc1cccc2c1C(=O)C[C@@H](Cc1ccccc1F)C(=O)N2. The van der Waals surface area contributed by atoms with E-state index >= 15 is 0 Å². The summed E-state index contributed by atoms with van der Waals surface area (Å²) in [5, 5.41) is 2.72. The third-order valence-electron chi connectivity index (χ3n) is 3.86. The number of hydrogen-bond acceptors (Lipinski definition) is 3. The fraction of sp³-hybridized carbons (Fsp3) is 0.176. The van der Waals surface area contributed by atoms with Gasteiger partial charge in [-0.2, -0.15) is 0 Å². The van der Waals surface area contributed by atoms with Crippen LogP contribution in [0.5, 0.6) is 0 Å². The van der Waals surface area contributed by atoms with Gasteiger partial charge in [0, 0.05) is 18.0 Å². The number of nitrogens with two attached hydrogens (primary N) is 1. The summed E-state index contributed by atoms with van der Waals surface area (Å²) in [6.45, 7) is 0. The smallest absolute Gasteiger partial charge is 0.228 e. The molecule has 2 aromatic carbocycles. The van der Waals surface area contributed by atoms with Gasteiger partial charge >= 0.3 is 0 Å². The Hall–Kier alpha value is -2.69. The minimum absolute atomic E-state index is 0.0153. The van der Waals surface area contributed by atoms with Crippen molar-refractivity contribution >= 4 is 23.1 Å². The van der Waals surface area contributed by atoms with Gasteiger partial charge in [0.05, 0.1) is 11.3 Å². The normalized spacial score (nSPS) is 17.6. The van der Waals surface area contributed by atoms with Crippen LogP contribution in [0.4, 0.5) is 15.8 Å². The number of anilines is 2. The van der Waals surface area contributed by atoms with Crippen LogP contribution in [0, 0.1) is 11.7 Å². The van der Waals surface area contributed by atoms with Gasteiger partial charge in [0.25, 0.3) is 0 Å². The third-order valence-corrected chi connectivity index (χ3v) is 3.86. The van der Waals surface area contributed by atoms with Crippen molar-refractivity contribution in [2.75, 3.05) is 11.1 Å². The van der Waals surface area contributed by atoms with Crippen molar-refractivity contribution in [3.63, 3.8) is 0 Å². The van der Waals surface area contributed by atoms with Crippen molar-refractivity contribution in [3.8, 4) is 0 Å². The predicted octanol–water partition coefficient (Wildman–Crippen LogP) is 2.79. The third kappa shape index (κ3) is 2.57. The molecule has 112 valence electrons. The van der Waals surface area contributed by atoms with Gasteiger partial charge in [-0.1, -0.05) is 24.3 Å². The average Bonchev–Trinajstić information content (AvgIpc) is 2.59. The van der Waals surface area contributed by atoms with Crippen LogP contribution in [0.25, 0.3) is 0 Å². The van der Waals surface area contributed by atoms with Crippen molar-refractivity contribution in [1.29, 1.82) is 0 Å². The first-order chi connectivity index (χ1) is 10.6. The maximum Gasteiger partial charge on any atom is 0.228 e. The molecule has 0 aliphatic carbocycles. The molecule has 1 aliphatic heterocycles. The largest absolute Gasteiger partial charge is 0.398 e. The van der Waals surface area contributed by atoms with Gasteiger partial charge in [-0.25, -0.2) is 4.39 Å². The highest BCUT2D eigenvalue weighted by atomic mass is 19.1. The Morgan fingerprint density at radius 2 is 1.91 bits per heavy atom. The Balaban J connectivity index is 1.91. The van der Waals surface area contributed by atoms with E-state index in [-0.39, 0.29) is 30.3 Å². The average molecular weight is 298 g/mol. The molecule has 0 fully saturated rings. The van der Waals surface area contributed by atoms with Crippen molar-refractivity contribution in [2.45, 2.75) is 12.8 Å². The second kappa shape index (κ2) is 5.60. The maximum atomic E-state index is 13.8. The van der Waals surface area contributed by atoms with Crippen molar-refractivity contribution in [1.82, 2.24) is 0 Å². The maximum absolute atomic E-state index is 13.8. The number of nitrogen functional groups attached to an aromatic ring is 1. The molecule has 3 N–H and O–H groups in total. The fourth-order valence-corrected chi connectivity index (χ4v) is 2.73. The molecule has 1 aliphatic rings. The quantitative estimate of drug-likeness (QED) is 0.837. The van der Waals surface area contributed by atoms with Gasteiger partial charge < -0.3 is 11.1 Å². The number of carbonyl (C=O) groups is 2. The number of amides is 1. The molecule has 1 amide bonds. The lowest BCUT2D eigenvalue weighted by Crippen LogP contribution is -2.24.